The number of fused-ring (bicyclic) bond motifs is 1. The second-order valence-corrected chi connectivity index (χ2v) is 8.75. The predicted molar refractivity (Wildman–Crippen MR) is 108 cm³/mol. The van der Waals surface area contributed by atoms with Crippen molar-refractivity contribution in [2.45, 2.75) is 10.9 Å². The molecule has 29 heavy (non-hydrogen) atoms. The van der Waals surface area contributed by atoms with Gasteiger partial charge in [-0.15, -0.1) is 0 Å². The second kappa shape index (κ2) is 8.11. The number of sulfonamides is 1. The fourth-order valence-corrected chi connectivity index (χ4v) is 4.63. The quantitative estimate of drug-likeness (QED) is 0.653. The van der Waals surface area contributed by atoms with E-state index in [1.165, 1.54) is 16.7 Å². The predicted octanol–water partition coefficient (Wildman–Crippen LogP) is 1.48. The van der Waals surface area contributed by atoms with Crippen molar-refractivity contribution in [3.8, 4) is 0 Å². The smallest absolute Gasteiger partial charge is 0.408 e. The van der Waals surface area contributed by atoms with Gasteiger partial charge in [-0.3, -0.25) is 9.47 Å². The highest BCUT2D eigenvalue weighted by atomic mass is 32.2. The topological polar surface area (TPSA) is 93.8 Å². The first kappa shape index (κ1) is 19.8. The molecule has 2 aromatic carbocycles. The van der Waals surface area contributed by atoms with Gasteiger partial charge in [0.05, 0.1) is 23.6 Å². The van der Waals surface area contributed by atoms with Gasteiger partial charge in [-0.2, -0.15) is 0 Å². The first-order valence-corrected chi connectivity index (χ1v) is 10.9. The Balaban J connectivity index is 1.58. The molecule has 2 heterocycles. The molecule has 1 N–H and O–H groups in total. The Bertz CT molecular complexity index is 1150. The van der Waals surface area contributed by atoms with Crippen molar-refractivity contribution in [2.24, 2.45) is 7.05 Å². The highest BCUT2D eigenvalue weighted by molar-refractivity contribution is 7.89. The van der Waals surface area contributed by atoms with Gasteiger partial charge in [-0.05, 0) is 17.7 Å². The zero-order valence-corrected chi connectivity index (χ0v) is 16.9. The van der Waals surface area contributed by atoms with Crippen LogP contribution in [0.5, 0.6) is 0 Å². The van der Waals surface area contributed by atoms with Gasteiger partial charge in [-0.25, -0.2) is 17.9 Å². The Morgan fingerprint density at radius 1 is 1.10 bits per heavy atom. The number of rotatable bonds is 6. The van der Waals surface area contributed by atoms with Crippen LogP contribution >= 0.6 is 0 Å². The molecule has 9 heteroatoms. The van der Waals surface area contributed by atoms with E-state index in [2.05, 4.69) is 9.62 Å². The average Bonchev–Trinajstić information content (AvgIpc) is 3.03. The number of oxazole rings is 1. The summed E-state index contributed by atoms with van der Waals surface area (Å²) in [6.07, 6.45) is 0. The van der Waals surface area contributed by atoms with Crippen molar-refractivity contribution >= 4 is 21.1 Å². The summed E-state index contributed by atoms with van der Waals surface area (Å²) < 4.78 is 40.4. The monoisotopic (exact) mass is 417 g/mol. The SMILES string of the molecule is Cn1c(=O)oc2cc(S(=O)(=O)NCC(c3ccccc3)N3CCOCC3)ccc21. The number of benzene rings is 2. The summed E-state index contributed by atoms with van der Waals surface area (Å²) >= 11 is 0. The van der Waals surface area contributed by atoms with E-state index in [9.17, 15) is 13.2 Å². The minimum atomic E-state index is -3.78. The normalized spacial score (nSPS) is 16.9. The van der Waals surface area contributed by atoms with E-state index < -0.39 is 15.8 Å². The van der Waals surface area contributed by atoms with Gasteiger partial charge < -0.3 is 9.15 Å². The fraction of sp³-hybridized carbons (Fsp3) is 0.350. The van der Waals surface area contributed by atoms with Crippen molar-refractivity contribution in [1.82, 2.24) is 14.2 Å². The number of aryl methyl sites for hydroxylation is 1. The molecular formula is C20H23N3O5S. The fourth-order valence-electron chi connectivity index (χ4n) is 3.58. The molecule has 1 aliphatic heterocycles. The third-order valence-electron chi connectivity index (χ3n) is 5.21. The number of morpholine rings is 1. The molecule has 1 aliphatic rings. The van der Waals surface area contributed by atoms with Crippen LogP contribution in [0.3, 0.4) is 0 Å². The highest BCUT2D eigenvalue weighted by Crippen LogP contribution is 2.23. The van der Waals surface area contributed by atoms with Gasteiger partial charge in [0, 0.05) is 38.8 Å². The van der Waals surface area contributed by atoms with E-state index in [1.807, 2.05) is 30.3 Å². The maximum Gasteiger partial charge on any atom is 0.419 e. The van der Waals surface area contributed by atoms with Gasteiger partial charge in [0.15, 0.2) is 5.58 Å². The first-order valence-electron chi connectivity index (χ1n) is 9.42. The highest BCUT2D eigenvalue weighted by Gasteiger charge is 2.25. The molecule has 1 unspecified atom stereocenters. The first-order chi connectivity index (χ1) is 14.0. The van der Waals surface area contributed by atoms with Gasteiger partial charge in [-0.1, -0.05) is 30.3 Å². The van der Waals surface area contributed by atoms with Crippen molar-refractivity contribution < 1.29 is 17.6 Å². The van der Waals surface area contributed by atoms with Gasteiger partial charge in [0.25, 0.3) is 0 Å². The Hall–Kier alpha value is -2.46. The molecule has 0 saturated carbocycles. The molecule has 4 rings (SSSR count). The maximum absolute atomic E-state index is 12.9. The minimum Gasteiger partial charge on any atom is -0.408 e. The number of hydrogen-bond donors (Lipinski definition) is 1. The van der Waals surface area contributed by atoms with E-state index in [0.29, 0.717) is 18.7 Å². The van der Waals surface area contributed by atoms with Crippen LogP contribution in [-0.4, -0.2) is 50.7 Å². The molecule has 0 radical (unpaired) electrons. The molecule has 154 valence electrons. The van der Waals surface area contributed by atoms with Gasteiger partial charge in [0.1, 0.15) is 0 Å². The summed E-state index contributed by atoms with van der Waals surface area (Å²) in [4.78, 5) is 13.9. The van der Waals surface area contributed by atoms with Crippen molar-refractivity contribution in [2.75, 3.05) is 32.8 Å². The third-order valence-corrected chi connectivity index (χ3v) is 6.63. The number of ether oxygens (including phenoxy) is 1. The van der Waals surface area contributed by atoms with E-state index in [4.69, 9.17) is 9.15 Å². The molecular weight excluding hydrogens is 394 g/mol. The molecule has 1 aromatic heterocycles. The van der Waals surface area contributed by atoms with Crippen LogP contribution in [0.2, 0.25) is 0 Å². The Morgan fingerprint density at radius 2 is 1.83 bits per heavy atom. The van der Waals surface area contributed by atoms with Crippen LogP contribution in [0, 0.1) is 0 Å². The van der Waals surface area contributed by atoms with Crippen LogP contribution in [-0.2, 0) is 21.8 Å². The lowest BCUT2D eigenvalue weighted by atomic mass is 10.1. The summed E-state index contributed by atoms with van der Waals surface area (Å²) in [6.45, 7) is 2.95. The van der Waals surface area contributed by atoms with E-state index in [-0.39, 0.29) is 23.1 Å². The molecule has 1 atom stereocenters. The molecule has 0 bridgehead atoms. The molecule has 8 nitrogen and oxygen atoms in total. The summed E-state index contributed by atoms with van der Waals surface area (Å²) in [5.74, 6) is -0.529. The lowest BCUT2D eigenvalue weighted by Crippen LogP contribution is -2.43. The van der Waals surface area contributed by atoms with Crippen LogP contribution in [0.25, 0.3) is 11.1 Å². The summed E-state index contributed by atoms with van der Waals surface area (Å²) in [6, 6.07) is 14.2. The zero-order chi connectivity index (χ0) is 20.4. The number of hydrogen-bond acceptors (Lipinski definition) is 6. The van der Waals surface area contributed by atoms with Crippen LogP contribution in [0.4, 0.5) is 0 Å². The molecule has 0 spiro atoms. The van der Waals surface area contributed by atoms with Crippen molar-refractivity contribution in [3.63, 3.8) is 0 Å². The zero-order valence-electron chi connectivity index (χ0n) is 16.1. The van der Waals surface area contributed by atoms with Crippen LogP contribution < -0.4 is 10.5 Å². The molecule has 1 saturated heterocycles. The number of nitrogens with zero attached hydrogens (tertiary/aromatic N) is 2. The second-order valence-electron chi connectivity index (χ2n) is 6.98. The number of aromatic nitrogens is 1. The molecule has 1 fully saturated rings. The van der Waals surface area contributed by atoms with Gasteiger partial charge >= 0.3 is 5.76 Å². The molecule has 3 aromatic rings. The molecule has 0 aliphatic carbocycles. The minimum absolute atomic E-state index is 0.0631. The summed E-state index contributed by atoms with van der Waals surface area (Å²) in [5.41, 5.74) is 1.83. The Kier molecular flexibility index (Phi) is 5.55. The summed E-state index contributed by atoms with van der Waals surface area (Å²) in [7, 11) is -2.20. The van der Waals surface area contributed by atoms with Gasteiger partial charge in [0.2, 0.25) is 10.0 Å². The lowest BCUT2D eigenvalue weighted by Gasteiger charge is -2.34. The van der Waals surface area contributed by atoms with Crippen molar-refractivity contribution in [3.05, 3.63) is 64.6 Å². The Labute approximate surface area is 168 Å². The maximum atomic E-state index is 12.9. The largest absolute Gasteiger partial charge is 0.419 e. The Morgan fingerprint density at radius 3 is 2.55 bits per heavy atom. The lowest BCUT2D eigenvalue weighted by molar-refractivity contribution is 0.0172. The van der Waals surface area contributed by atoms with E-state index >= 15 is 0 Å². The average molecular weight is 417 g/mol. The van der Waals surface area contributed by atoms with Crippen molar-refractivity contribution in [1.29, 1.82) is 0 Å². The van der Waals surface area contributed by atoms with Crippen LogP contribution in [0.1, 0.15) is 11.6 Å². The molecule has 0 amide bonds. The van der Waals surface area contributed by atoms with Crippen LogP contribution in [0.15, 0.2) is 62.6 Å². The standard InChI is InChI=1S/C20H23N3O5S/c1-22-17-8-7-16(13-19(17)28-20(22)24)29(25,26)21-14-18(15-5-3-2-4-6-15)23-9-11-27-12-10-23/h2-8,13,18,21H,9-12,14H2,1H3. The number of nitrogens with one attached hydrogen (secondary N) is 1. The third kappa shape index (κ3) is 4.13. The van der Waals surface area contributed by atoms with E-state index in [0.717, 1.165) is 18.7 Å². The summed E-state index contributed by atoms with van der Waals surface area (Å²) in [5, 5.41) is 0. The van der Waals surface area contributed by atoms with E-state index in [1.54, 1.807) is 13.1 Å².